The van der Waals surface area contributed by atoms with Gasteiger partial charge in [-0.1, -0.05) is 35.4 Å². The normalized spacial score (nSPS) is 12.1. The SMILES string of the molecule is C/C(=N\Nc1ccc(C)cc1)c1cc2c(C)cc(=O)oc2c(/C(C)=N/Nc2ccc(C)cc2)c1O. The lowest BCUT2D eigenvalue weighted by Gasteiger charge is -2.14. The van der Waals surface area contributed by atoms with E-state index in [0.717, 1.165) is 28.1 Å². The largest absolute Gasteiger partial charge is 0.506 e. The van der Waals surface area contributed by atoms with Gasteiger partial charge in [-0.2, -0.15) is 10.2 Å². The number of aryl methyl sites for hydroxylation is 3. The van der Waals surface area contributed by atoms with Gasteiger partial charge in [-0.15, -0.1) is 0 Å². The molecule has 0 bridgehead atoms. The van der Waals surface area contributed by atoms with Gasteiger partial charge in [0, 0.05) is 17.0 Å². The standard InChI is InChI=1S/C28H28N4O3/c1-16-6-10-21(11-7-16)31-29-19(4)24-15-23-18(3)14-25(33)35-28(23)26(27(24)34)20(5)30-32-22-12-8-17(2)9-13-22/h6-15,31-32,34H,1-5H3/b29-19+,30-20+. The lowest BCUT2D eigenvalue weighted by Crippen LogP contribution is -2.09. The van der Waals surface area contributed by atoms with Crippen molar-refractivity contribution in [1.29, 1.82) is 0 Å². The van der Waals surface area contributed by atoms with Crippen LogP contribution in [0.1, 0.15) is 41.7 Å². The fourth-order valence-corrected chi connectivity index (χ4v) is 3.72. The summed E-state index contributed by atoms with van der Waals surface area (Å²) in [5.74, 6) is -0.0647. The minimum atomic E-state index is -0.492. The molecule has 1 heterocycles. The average Bonchev–Trinajstić information content (AvgIpc) is 2.82. The number of nitrogens with one attached hydrogen (secondary N) is 2. The number of hydrogen-bond donors (Lipinski definition) is 3. The van der Waals surface area contributed by atoms with E-state index < -0.39 is 5.63 Å². The fraction of sp³-hybridized carbons (Fsp3) is 0.179. The maximum absolute atomic E-state index is 12.2. The van der Waals surface area contributed by atoms with Crippen LogP contribution in [0.4, 0.5) is 11.4 Å². The number of hydrazone groups is 2. The molecule has 0 fully saturated rings. The fourth-order valence-electron chi connectivity index (χ4n) is 3.72. The number of aromatic hydroxyl groups is 1. The summed E-state index contributed by atoms with van der Waals surface area (Å²) in [5, 5.41) is 20.9. The Hall–Kier alpha value is -4.39. The first-order valence-electron chi connectivity index (χ1n) is 11.3. The summed E-state index contributed by atoms with van der Waals surface area (Å²) in [6.45, 7) is 9.41. The molecular weight excluding hydrogens is 440 g/mol. The molecule has 4 aromatic rings. The molecule has 0 aliphatic rings. The predicted octanol–water partition coefficient (Wildman–Crippen LogP) is 6.10. The Kier molecular flexibility index (Phi) is 6.68. The highest BCUT2D eigenvalue weighted by atomic mass is 16.4. The van der Waals surface area contributed by atoms with Crippen LogP contribution in [-0.4, -0.2) is 16.5 Å². The van der Waals surface area contributed by atoms with Crippen molar-refractivity contribution in [2.75, 3.05) is 10.9 Å². The topological polar surface area (TPSA) is 99.2 Å². The molecule has 7 nitrogen and oxygen atoms in total. The molecule has 3 aromatic carbocycles. The summed E-state index contributed by atoms with van der Waals surface area (Å²) in [7, 11) is 0. The van der Waals surface area contributed by atoms with Gasteiger partial charge in [0.1, 0.15) is 5.75 Å². The Morgan fingerprint density at radius 3 is 1.86 bits per heavy atom. The van der Waals surface area contributed by atoms with Gasteiger partial charge in [-0.25, -0.2) is 4.79 Å². The molecule has 35 heavy (non-hydrogen) atoms. The van der Waals surface area contributed by atoms with Gasteiger partial charge in [-0.3, -0.25) is 10.9 Å². The zero-order chi connectivity index (χ0) is 25.1. The molecule has 7 heteroatoms. The third-order valence-electron chi connectivity index (χ3n) is 5.77. The minimum Gasteiger partial charge on any atom is -0.506 e. The lowest BCUT2D eigenvalue weighted by molar-refractivity contribution is 0.470. The third-order valence-corrected chi connectivity index (χ3v) is 5.77. The first-order valence-corrected chi connectivity index (χ1v) is 11.3. The highest BCUT2D eigenvalue weighted by molar-refractivity contribution is 6.15. The summed E-state index contributed by atoms with van der Waals surface area (Å²) < 4.78 is 5.54. The second-order valence-corrected chi connectivity index (χ2v) is 8.62. The molecule has 0 atom stereocenters. The van der Waals surface area contributed by atoms with Gasteiger partial charge in [0.2, 0.25) is 0 Å². The number of rotatable bonds is 6. The van der Waals surface area contributed by atoms with Crippen molar-refractivity contribution in [2.24, 2.45) is 10.2 Å². The lowest BCUT2D eigenvalue weighted by atomic mass is 9.97. The van der Waals surface area contributed by atoms with E-state index in [9.17, 15) is 9.90 Å². The number of fused-ring (bicyclic) bond motifs is 1. The Labute approximate surface area is 203 Å². The Balaban J connectivity index is 1.80. The number of phenolic OH excluding ortho intramolecular Hbond substituents is 1. The molecule has 0 radical (unpaired) electrons. The zero-order valence-corrected chi connectivity index (χ0v) is 20.4. The van der Waals surface area contributed by atoms with E-state index in [2.05, 4.69) is 21.1 Å². The van der Waals surface area contributed by atoms with Crippen LogP contribution >= 0.6 is 0 Å². The average molecular weight is 469 g/mol. The molecule has 0 aliphatic heterocycles. The Morgan fingerprint density at radius 1 is 0.800 bits per heavy atom. The van der Waals surface area contributed by atoms with Crippen LogP contribution in [0.3, 0.4) is 0 Å². The number of nitrogens with zero attached hydrogens (tertiary/aromatic N) is 2. The van der Waals surface area contributed by atoms with Crippen LogP contribution < -0.4 is 16.5 Å². The molecule has 0 unspecified atom stereocenters. The number of benzene rings is 3. The molecule has 3 N–H and O–H groups in total. The number of hydrogen-bond acceptors (Lipinski definition) is 7. The van der Waals surface area contributed by atoms with Crippen molar-refractivity contribution in [1.82, 2.24) is 0 Å². The van der Waals surface area contributed by atoms with Crippen molar-refractivity contribution in [3.63, 3.8) is 0 Å². The van der Waals surface area contributed by atoms with Crippen molar-refractivity contribution < 1.29 is 9.52 Å². The van der Waals surface area contributed by atoms with Crippen LogP contribution in [0.25, 0.3) is 11.0 Å². The molecule has 0 aliphatic carbocycles. The van der Waals surface area contributed by atoms with Gasteiger partial charge < -0.3 is 9.52 Å². The van der Waals surface area contributed by atoms with Gasteiger partial charge in [0.05, 0.1) is 28.4 Å². The third kappa shape index (κ3) is 5.24. The van der Waals surface area contributed by atoms with Crippen molar-refractivity contribution in [3.8, 4) is 5.75 Å². The molecule has 0 amide bonds. The smallest absolute Gasteiger partial charge is 0.336 e. The molecular formula is C28H28N4O3. The van der Waals surface area contributed by atoms with Crippen molar-refractivity contribution in [2.45, 2.75) is 34.6 Å². The quantitative estimate of drug-likeness (QED) is 0.180. The van der Waals surface area contributed by atoms with E-state index >= 15 is 0 Å². The van der Waals surface area contributed by atoms with Crippen molar-refractivity contribution in [3.05, 3.63) is 98.9 Å². The van der Waals surface area contributed by atoms with E-state index in [1.165, 1.54) is 6.07 Å². The molecule has 178 valence electrons. The van der Waals surface area contributed by atoms with Crippen LogP contribution in [0.5, 0.6) is 5.75 Å². The van der Waals surface area contributed by atoms with E-state index in [1.54, 1.807) is 19.9 Å². The first-order chi connectivity index (χ1) is 16.7. The number of phenols is 1. The molecule has 0 saturated carbocycles. The second-order valence-electron chi connectivity index (χ2n) is 8.62. The highest BCUT2D eigenvalue weighted by Crippen LogP contribution is 2.33. The van der Waals surface area contributed by atoms with E-state index in [4.69, 9.17) is 4.42 Å². The maximum Gasteiger partial charge on any atom is 0.336 e. The van der Waals surface area contributed by atoms with Gasteiger partial charge in [-0.05, 0) is 70.5 Å². The second kappa shape index (κ2) is 9.85. The Morgan fingerprint density at radius 2 is 1.31 bits per heavy atom. The summed E-state index contributed by atoms with van der Waals surface area (Å²) in [6, 6.07) is 18.8. The summed E-state index contributed by atoms with van der Waals surface area (Å²) >= 11 is 0. The van der Waals surface area contributed by atoms with E-state index in [1.807, 2.05) is 69.3 Å². The van der Waals surface area contributed by atoms with Crippen LogP contribution in [0, 0.1) is 20.8 Å². The highest BCUT2D eigenvalue weighted by Gasteiger charge is 2.20. The minimum absolute atomic E-state index is 0.0647. The first kappa shape index (κ1) is 23.8. The van der Waals surface area contributed by atoms with Crippen LogP contribution in [-0.2, 0) is 0 Å². The molecule has 0 spiro atoms. The van der Waals surface area contributed by atoms with E-state index in [0.29, 0.717) is 27.9 Å². The van der Waals surface area contributed by atoms with Gasteiger partial charge >= 0.3 is 5.63 Å². The monoisotopic (exact) mass is 468 g/mol. The molecule has 1 aromatic heterocycles. The maximum atomic E-state index is 12.2. The van der Waals surface area contributed by atoms with E-state index in [-0.39, 0.29) is 11.3 Å². The Bertz CT molecular complexity index is 1500. The summed E-state index contributed by atoms with van der Waals surface area (Å²) in [6.07, 6.45) is 0. The zero-order valence-electron chi connectivity index (χ0n) is 20.4. The van der Waals surface area contributed by atoms with Gasteiger partial charge in [0.15, 0.2) is 5.58 Å². The summed E-state index contributed by atoms with van der Waals surface area (Å²) in [5.41, 5.74) is 12.3. The molecule has 0 saturated heterocycles. The summed E-state index contributed by atoms with van der Waals surface area (Å²) in [4.78, 5) is 12.2. The molecule has 4 rings (SSSR count). The van der Waals surface area contributed by atoms with Gasteiger partial charge in [0.25, 0.3) is 0 Å². The predicted molar refractivity (Wildman–Crippen MR) is 143 cm³/mol. The van der Waals surface area contributed by atoms with Crippen LogP contribution in [0.15, 0.2) is 80.1 Å². The van der Waals surface area contributed by atoms with Crippen LogP contribution in [0.2, 0.25) is 0 Å². The number of anilines is 2. The van der Waals surface area contributed by atoms with Crippen molar-refractivity contribution >= 4 is 33.8 Å².